The first-order valence-corrected chi connectivity index (χ1v) is 4.76. The number of hydrogen-bond donors (Lipinski definition) is 2. The summed E-state index contributed by atoms with van der Waals surface area (Å²) in [5.41, 5.74) is 5.42. The molecule has 14 heavy (non-hydrogen) atoms. The van der Waals surface area contributed by atoms with Gasteiger partial charge in [0.2, 0.25) is 5.95 Å². The van der Waals surface area contributed by atoms with Crippen molar-refractivity contribution < 1.29 is 0 Å². The fraction of sp³-hybridized carbons (Fsp3) is 0. The number of nitrogens with one attached hydrogen (secondary N) is 1. The lowest BCUT2D eigenvalue weighted by molar-refractivity contribution is 0.964. The minimum Gasteiger partial charge on any atom is -0.368 e. The largest absolute Gasteiger partial charge is 0.368 e. The lowest BCUT2D eigenvalue weighted by atomic mass is 10.7. The van der Waals surface area contributed by atoms with Crippen LogP contribution in [0.25, 0.3) is 0 Å². The van der Waals surface area contributed by atoms with Crippen molar-refractivity contribution in [2.45, 2.75) is 10.2 Å². The molecule has 0 amide bonds. The van der Waals surface area contributed by atoms with E-state index in [9.17, 15) is 0 Å². The van der Waals surface area contributed by atoms with Crippen molar-refractivity contribution in [1.29, 1.82) is 0 Å². The maximum absolute atomic E-state index is 5.85. The molecule has 6 nitrogen and oxygen atoms in total. The van der Waals surface area contributed by atoms with Crippen LogP contribution in [0.2, 0.25) is 5.02 Å². The van der Waals surface area contributed by atoms with Crippen LogP contribution < -0.4 is 5.73 Å². The summed E-state index contributed by atoms with van der Waals surface area (Å²) in [5.74, 6) is 0.177. The predicted molar refractivity (Wildman–Crippen MR) is 52.0 cm³/mol. The Labute approximate surface area is 88.3 Å². The van der Waals surface area contributed by atoms with E-state index in [1.807, 2.05) is 0 Å². The standard InChI is InChI=1S/C6H5ClN6S/c7-3-1-9-5(8)12-4(3)14-6-10-2-11-13-6/h1-2H,(H2,8,9,12)(H,10,11,13). The molecule has 0 saturated heterocycles. The fourth-order valence-electron chi connectivity index (χ4n) is 0.771. The Balaban J connectivity index is 2.28. The van der Waals surface area contributed by atoms with E-state index in [0.29, 0.717) is 15.2 Å². The smallest absolute Gasteiger partial charge is 0.221 e. The van der Waals surface area contributed by atoms with E-state index >= 15 is 0 Å². The highest BCUT2D eigenvalue weighted by Gasteiger charge is 2.07. The van der Waals surface area contributed by atoms with E-state index in [1.165, 1.54) is 24.3 Å². The summed E-state index contributed by atoms with van der Waals surface area (Å²) >= 11 is 7.09. The number of nitrogen functional groups attached to an aromatic ring is 1. The molecule has 2 rings (SSSR count). The number of halogens is 1. The highest BCUT2D eigenvalue weighted by Crippen LogP contribution is 2.28. The van der Waals surface area contributed by atoms with Crippen LogP contribution >= 0.6 is 23.4 Å². The predicted octanol–water partition coefficient (Wildman–Crippen LogP) is 0.981. The summed E-state index contributed by atoms with van der Waals surface area (Å²) in [5, 5.41) is 7.95. The summed E-state index contributed by atoms with van der Waals surface area (Å²) < 4.78 is 0. The van der Waals surface area contributed by atoms with Crippen LogP contribution in [-0.2, 0) is 0 Å². The average molecular weight is 229 g/mol. The van der Waals surface area contributed by atoms with E-state index in [0.717, 1.165) is 0 Å². The summed E-state index contributed by atoms with van der Waals surface area (Å²) in [6.07, 6.45) is 2.85. The van der Waals surface area contributed by atoms with Gasteiger partial charge in [-0.3, -0.25) is 5.10 Å². The maximum atomic E-state index is 5.85. The molecule has 72 valence electrons. The summed E-state index contributed by atoms with van der Waals surface area (Å²) in [7, 11) is 0. The second kappa shape index (κ2) is 3.81. The van der Waals surface area contributed by atoms with Gasteiger partial charge in [0.15, 0.2) is 5.16 Å². The van der Waals surface area contributed by atoms with Crippen LogP contribution in [0.5, 0.6) is 0 Å². The summed E-state index contributed by atoms with van der Waals surface area (Å²) in [6.45, 7) is 0. The van der Waals surface area contributed by atoms with Crippen LogP contribution in [0.4, 0.5) is 5.95 Å². The molecule has 2 aromatic rings. The molecule has 0 aliphatic heterocycles. The molecule has 3 N–H and O–H groups in total. The number of nitrogens with two attached hydrogens (primary N) is 1. The number of rotatable bonds is 2. The van der Waals surface area contributed by atoms with Crippen LogP contribution in [0.1, 0.15) is 0 Å². The molecular weight excluding hydrogens is 224 g/mol. The minimum absolute atomic E-state index is 0.177. The Morgan fingerprint density at radius 3 is 3.00 bits per heavy atom. The molecule has 0 unspecified atom stereocenters. The first kappa shape index (κ1) is 9.22. The summed E-state index contributed by atoms with van der Waals surface area (Å²) in [4.78, 5) is 11.6. The van der Waals surface area contributed by atoms with Gasteiger partial charge < -0.3 is 5.73 Å². The highest BCUT2D eigenvalue weighted by atomic mass is 35.5. The van der Waals surface area contributed by atoms with Crippen molar-refractivity contribution >= 4 is 29.3 Å². The maximum Gasteiger partial charge on any atom is 0.221 e. The first-order chi connectivity index (χ1) is 6.75. The Hall–Kier alpha value is -1.34. The minimum atomic E-state index is 0.177. The van der Waals surface area contributed by atoms with Crippen LogP contribution in [0.15, 0.2) is 22.7 Å². The fourth-order valence-corrected chi connectivity index (χ4v) is 1.65. The van der Waals surface area contributed by atoms with E-state index in [2.05, 4.69) is 25.1 Å². The van der Waals surface area contributed by atoms with Gasteiger partial charge in [0.1, 0.15) is 11.4 Å². The molecule has 2 aromatic heterocycles. The zero-order valence-electron chi connectivity index (χ0n) is 6.81. The van der Waals surface area contributed by atoms with Crippen LogP contribution in [-0.4, -0.2) is 25.1 Å². The van der Waals surface area contributed by atoms with Crippen molar-refractivity contribution in [2.24, 2.45) is 0 Å². The molecule has 0 bridgehead atoms. The van der Waals surface area contributed by atoms with E-state index in [1.54, 1.807) is 0 Å². The quantitative estimate of drug-likeness (QED) is 0.745. The first-order valence-electron chi connectivity index (χ1n) is 3.57. The molecule has 0 radical (unpaired) electrons. The number of hydrogen-bond acceptors (Lipinski definition) is 6. The van der Waals surface area contributed by atoms with Crippen molar-refractivity contribution in [1.82, 2.24) is 25.1 Å². The van der Waals surface area contributed by atoms with Gasteiger partial charge in [-0.25, -0.2) is 15.0 Å². The van der Waals surface area contributed by atoms with Gasteiger partial charge >= 0.3 is 0 Å². The van der Waals surface area contributed by atoms with Crippen LogP contribution in [0.3, 0.4) is 0 Å². The van der Waals surface area contributed by atoms with Gasteiger partial charge in [-0.2, -0.15) is 5.10 Å². The van der Waals surface area contributed by atoms with Crippen molar-refractivity contribution in [3.63, 3.8) is 0 Å². The van der Waals surface area contributed by atoms with Crippen molar-refractivity contribution in [3.8, 4) is 0 Å². The molecule has 0 saturated carbocycles. The van der Waals surface area contributed by atoms with Gasteiger partial charge in [-0.15, -0.1) is 0 Å². The summed E-state index contributed by atoms with van der Waals surface area (Å²) in [6, 6.07) is 0. The molecule has 0 fully saturated rings. The number of H-pyrrole nitrogens is 1. The SMILES string of the molecule is Nc1ncc(Cl)c(Sc2ncn[nH]2)n1. The Bertz CT molecular complexity index is 430. The molecule has 0 aliphatic rings. The Kier molecular flexibility index (Phi) is 2.51. The van der Waals surface area contributed by atoms with Gasteiger partial charge in [-0.05, 0) is 11.8 Å². The van der Waals surface area contributed by atoms with Crippen LogP contribution in [0, 0.1) is 0 Å². The van der Waals surface area contributed by atoms with E-state index in [4.69, 9.17) is 17.3 Å². The van der Waals surface area contributed by atoms with Gasteiger partial charge in [0.25, 0.3) is 0 Å². The molecule has 0 aliphatic carbocycles. The monoisotopic (exact) mass is 228 g/mol. The Morgan fingerprint density at radius 2 is 2.29 bits per heavy atom. The second-order valence-electron chi connectivity index (χ2n) is 2.27. The second-order valence-corrected chi connectivity index (χ2v) is 3.66. The molecule has 0 atom stereocenters. The lowest BCUT2D eigenvalue weighted by Crippen LogP contribution is -1.95. The molecule has 8 heteroatoms. The zero-order valence-corrected chi connectivity index (χ0v) is 8.38. The lowest BCUT2D eigenvalue weighted by Gasteiger charge is -1.99. The third-order valence-electron chi connectivity index (χ3n) is 1.32. The number of aromatic amines is 1. The van der Waals surface area contributed by atoms with Crippen molar-refractivity contribution in [3.05, 3.63) is 17.5 Å². The number of aromatic nitrogens is 5. The highest BCUT2D eigenvalue weighted by molar-refractivity contribution is 7.99. The average Bonchev–Trinajstić information content (AvgIpc) is 2.64. The van der Waals surface area contributed by atoms with Gasteiger partial charge in [0, 0.05) is 0 Å². The molecule has 0 aromatic carbocycles. The topological polar surface area (TPSA) is 93.4 Å². The third-order valence-corrected chi connectivity index (χ3v) is 2.60. The number of nitrogens with zero attached hydrogens (tertiary/aromatic N) is 4. The third kappa shape index (κ3) is 1.94. The Morgan fingerprint density at radius 1 is 1.43 bits per heavy atom. The van der Waals surface area contributed by atoms with Gasteiger partial charge in [-0.1, -0.05) is 11.6 Å². The van der Waals surface area contributed by atoms with E-state index < -0.39 is 0 Å². The molecule has 0 spiro atoms. The molecular formula is C6H5ClN6S. The van der Waals surface area contributed by atoms with E-state index in [-0.39, 0.29) is 5.95 Å². The molecule has 2 heterocycles. The number of anilines is 1. The van der Waals surface area contributed by atoms with Gasteiger partial charge in [0.05, 0.1) is 11.2 Å². The normalized spacial score (nSPS) is 10.4. The van der Waals surface area contributed by atoms with Crippen molar-refractivity contribution in [2.75, 3.05) is 5.73 Å². The zero-order chi connectivity index (χ0) is 9.97.